The number of carbonyl (C=O) groups is 2. The monoisotopic (exact) mass is 602 g/mol. The predicted octanol–water partition coefficient (Wildman–Crippen LogP) is 6.63. The molecule has 0 atom stereocenters. The van der Waals surface area contributed by atoms with Crippen LogP contribution in [0, 0.1) is 0 Å². The lowest BCUT2D eigenvalue weighted by atomic mass is 10.1. The zero-order valence-electron chi connectivity index (χ0n) is 19.0. The third kappa shape index (κ3) is 6.47. The Labute approximate surface area is 231 Å². The van der Waals surface area contributed by atoms with Gasteiger partial charge in [-0.05, 0) is 78.8 Å². The van der Waals surface area contributed by atoms with E-state index in [1.54, 1.807) is 36.4 Å². The minimum absolute atomic E-state index is 0.223. The van der Waals surface area contributed by atoms with Crippen molar-refractivity contribution in [3.8, 4) is 11.5 Å². The van der Waals surface area contributed by atoms with Crippen molar-refractivity contribution in [1.29, 1.82) is 0 Å². The summed E-state index contributed by atoms with van der Waals surface area (Å²) < 4.78 is 13.0. The molecule has 3 aromatic carbocycles. The van der Waals surface area contributed by atoms with Gasteiger partial charge < -0.3 is 9.47 Å². The number of rotatable bonds is 8. The van der Waals surface area contributed by atoms with E-state index >= 15 is 0 Å². The molecule has 0 unspecified atom stereocenters. The molecular weight excluding hydrogens is 584 g/mol. The number of hydrogen-bond donors (Lipinski definition) is 1. The van der Waals surface area contributed by atoms with Crippen LogP contribution in [0.4, 0.5) is 0 Å². The topological polar surface area (TPSA) is 67.9 Å². The van der Waals surface area contributed by atoms with Crippen molar-refractivity contribution >= 4 is 73.7 Å². The molecule has 2 amide bonds. The van der Waals surface area contributed by atoms with Crippen LogP contribution in [0.15, 0.2) is 76.1 Å². The van der Waals surface area contributed by atoms with Gasteiger partial charge in [-0.15, -0.1) is 0 Å². The molecule has 0 radical (unpaired) electrons. The first kappa shape index (κ1) is 26.2. The number of thioether (sulfide) groups is 1. The predicted molar refractivity (Wildman–Crippen MR) is 150 cm³/mol. The molecule has 1 aliphatic heterocycles. The maximum absolute atomic E-state index is 13.0. The molecule has 0 aromatic heterocycles. The molecule has 3 aromatic rings. The van der Waals surface area contributed by atoms with Gasteiger partial charge in [0.15, 0.2) is 15.8 Å². The van der Waals surface area contributed by atoms with Crippen LogP contribution >= 0.6 is 51.5 Å². The normalized spacial score (nSPS) is 14.3. The van der Waals surface area contributed by atoms with Gasteiger partial charge in [0, 0.05) is 15.1 Å². The summed E-state index contributed by atoms with van der Waals surface area (Å²) in [7, 11) is 0. The Kier molecular flexibility index (Phi) is 8.68. The Morgan fingerprint density at radius 3 is 2.61 bits per heavy atom. The van der Waals surface area contributed by atoms with Crippen LogP contribution in [-0.2, 0) is 11.4 Å². The maximum Gasteiger partial charge on any atom is 0.285 e. The Balaban J connectivity index is 1.48. The molecule has 36 heavy (non-hydrogen) atoms. The highest BCUT2D eigenvalue weighted by Crippen LogP contribution is 2.34. The van der Waals surface area contributed by atoms with Crippen molar-refractivity contribution < 1.29 is 19.1 Å². The molecule has 1 N–H and O–H groups in total. The third-order valence-electron chi connectivity index (χ3n) is 4.97. The molecular formula is C26H20BrClN2O4S2. The lowest BCUT2D eigenvalue weighted by molar-refractivity contribution is -0.123. The first-order chi connectivity index (χ1) is 17.3. The van der Waals surface area contributed by atoms with Crippen LogP contribution in [0.1, 0.15) is 28.4 Å². The van der Waals surface area contributed by atoms with Gasteiger partial charge in [-0.2, -0.15) is 5.01 Å². The average Bonchev–Trinajstić information content (AvgIpc) is 3.12. The highest BCUT2D eigenvalue weighted by Gasteiger charge is 2.33. The van der Waals surface area contributed by atoms with E-state index in [0.717, 1.165) is 32.4 Å². The molecule has 6 nitrogen and oxygen atoms in total. The minimum atomic E-state index is -0.485. The number of hydrogen-bond acceptors (Lipinski definition) is 6. The highest BCUT2D eigenvalue weighted by atomic mass is 79.9. The molecule has 1 saturated heterocycles. The van der Waals surface area contributed by atoms with Crippen molar-refractivity contribution in [2.45, 2.75) is 13.5 Å². The fourth-order valence-corrected chi connectivity index (χ4v) is 4.89. The number of ether oxygens (including phenoxy) is 2. The Hall–Kier alpha value is -2.85. The fraction of sp³-hybridized carbons (Fsp3) is 0.115. The molecule has 0 aliphatic carbocycles. The van der Waals surface area contributed by atoms with Crippen LogP contribution in [0.2, 0.25) is 5.02 Å². The van der Waals surface area contributed by atoms with Gasteiger partial charge in [0.25, 0.3) is 11.8 Å². The summed E-state index contributed by atoms with van der Waals surface area (Å²) in [5, 5.41) is 1.48. The van der Waals surface area contributed by atoms with Crippen LogP contribution in [-0.4, -0.2) is 27.8 Å². The average molecular weight is 604 g/mol. The summed E-state index contributed by atoms with van der Waals surface area (Å²) in [5.41, 5.74) is 4.62. The van der Waals surface area contributed by atoms with Crippen molar-refractivity contribution in [2.75, 3.05) is 6.61 Å². The standard InChI is InChI=1S/C26H20BrClN2O4S2/c1-2-33-22-12-17(8-11-21(22)34-15-16-6-9-19(27)10-7-16)13-23-25(32)30(26(35)36-23)29-24(31)18-4-3-5-20(28)14-18/h3-14H,2,15H2,1H3,(H,29,31)/b23-13+. The summed E-state index contributed by atoms with van der Waals surface area (Å²) in [6, 6.07) is 19.7. The van der Waals surface area contributed by atoms with Gasteiger partial charge in [0.05, 0.1) is 11.5 Å². The quantitative estimate of drug-likeness (QED) is 0.230. The summed E-state index contributed by atoms with van der Waals surface area (Å²) in [5.74, 6) is 0.251. The molecule has 0 bridgehead atoms. The summed E-state index contributed by atoms with van der Waals surface area (Å²) in [6.07, 6.45) is 1.70. The van der Waals surface area contributed by atoms with Crippen LogP contribution in [0.3, 0.4) is 0 Å². The van der Waals surface area contributed by atoms with Gasteiger partial charge in [-0.3, -0.25) is 15.0 Å². The number of halogens is 2. The zero-order chi connectivity index (χ0) is 25.7. The van der Waals surface area contributed by atoms with E-state index in [1.807, 2.05) is 37.3 Å². The first-order valence-electron chi connectivity index (χ1n) is 10.8. The fourth-order valence-electron chi connectivity index (χ4n) is 3.25. The van der Waals surface area contributed by atoms with Gasteiger partial charge in [-0.1, -0.05) is 63.6 Å². The van der Waals surface area contributed by atoms with Crippen LogP contribution in [0.5, 0.6) is 11.5 Å². The number of nitrogens with zero attached hydrogens (tertiary/aromatic N) is 1. The van der Waals surface area contributed by atoms with E-state index in [1.165, 1.54) is 6.07 Å². The van der Waals surface area contributed by atoms with Gasteiger partial charge >= 0.3 is 0 Å². The molecule has 1 fully saturated rings. The van der Waals surface area contributed by atoms with E-state index in [9.17, 15) is 9.59 Å². The van der Waals surface area contributed by atoms with Crippen LogP contribution < -0.4 is 14.9 Å². The van der Waals surface area contributed by atoms with E-state index in [4.69, 9.17) is 33.3 Å². The molecule has 0 saturated carbocycles. The number of hydrazine groups is 1. The number of nitrogens with one attached hydrogen (secondary N) is 1. The van der Waals surface area contributed by atoms with Crippen molar-refractivity contribution in [1.82, 2.24) is 10.4 Å². The summed E-state index contributed by atoms with van der Waals surface area (Å²) in [4.78, 5) is 25.9. The van der Waals surface area contributed by atoms with E-state index in [0.29, 0.717) is 40.2 Å². The van der Waals surface area contributed by atoms with Crippen molar-refractivity contribution in [3.63, 3.8) is 0 Å². The van der Waals surface area contributed by atoms with Gasteiger partial charge in [0.2, 0.25) is 0 Å². The lowest BCUT2D eigenvalue weighted by Crippen LogP contribution is -2.44. The van der Waals surface area contributed by atoms with Crippen molar-refractivity contribution in [2.24, 2.45) is 0 Å². The van der Waals surface area contributed by atoms with E-state index in [-0.39, 0.29) is 4.32 Å². The molecule has 0 spiro atoms. The molecule has 4 rings (SSSR count). The van der Waals surface area contributed by atoms with Gasteiger partial charge in [-0.25, -0.2) is 0 Å². The van der Waals surface area contributed by atoms with Crippen molar-refractivity contribution in [3.05, 3.63) is 97.8 Å². The Morgan fingerprint density at radius 2 is 1.89 bits per heavy atom. The highest BCUT2D eigenvalue weighted by molar-refractivity contribution is 9.10. The molecule has 1 aliphatic rings. The summed E-state index contributed by atoms with van der Waals surface area (Å²) >= 11 is 15.8. The lowest BCUT2D eigenvalue weighted by Gasteiger charge is -2.15. The second-order valence-corrected chi connectivity index (χ2v) is 10.6. The Morgan fingerprint density at radius 1 is 1.11 bits per heavy atom. The third-order valence-corrected chi connectivity index (χ3v) is 7.03. The number of thiocarbonyl (C=S) groups is 1. The second kappa shape index (κ2) is 11.9. The summed E-state index contributed by atoms with van der Waals surface area (Å²) in [6.45, 7) is 2.73. The largest absolute Gasteiger partial charge is 0.490 e. The molecule has 10 heteroatoms. The first-order valence-corrected chi connectivity index (χ1v) is 13.2. The maximum atomic E-state index is 13.0. The van der Waals surface area contributed by atoms with Crippen LogP contribution in [0.25, 0.3) is 6.08 Å². The SMILES string of the molecule is CCOc1cc(/C=C2/SC(=S)N(NC(=O)c3cccc(Cl)c3)C2=O)ccc1OCc1ccc(Br)cc1. The Bertz CT molecular complexity index is 1350. The minimum Gasteiger partial charge on any atom is -0.490 e. The second-order valence-electron chi connectivity index (χ2n) is 7.52. The zero-order valence-corrected chi connectivity index (χ0v) is 23.0. The molecule has 184 valence electrons. The molecule has 1 heterocycles. The van der Waals surface area contributed by atoms with E-state index < -0.39 is 11.8 Å². The number of benzene rings is 3. The number of carbonyl (C=O) groups excluding carboxylic acids is 2. The smallest absolute Gasteiger partial charge is 0.285 e. The van der Waals surface area contributed by atoms with E-state index in [2.05, 4.69) is 21.4 Å². The van der Waals surface area contributed by atoms with Gasteiger partial charge in [0.1, 0.15) is 6.61 Å². The number of amides is 2.